The summed E-state index contributed by atoms with van der Waals surface area (Å²) in [7, 11) is 0. The molecule has 4 heteroatoms. The van der Waals surface area contributed by atoms with E-state index in [1.807, 2.05) is 6.92 Å². The Balaban J connectivity index is 2.66. The van der Waals surface area contributed by atoms with Gasteiger partial charge in [0.05, 0.1) is 5.92 Å². The molecule has 0 radical (unpaired) electrons. The summed E-state index contributed by atoms with van der Waals surface area (Å²) in [6.45, 7) is 3.60. The van der Waals surface area contributed by atoms with E-state index < -0.39 is 0 Å². The van der Waals surface area contributed by atoms with Gasteiger partial charge in [-0.15, -0.1) is 0 Å². The van der Waals surface area contributed by atoms with Crippen molar-refractivity contribution < 1.29 is 4.79 Å². The van der Waals surface area contributed by atoms with Gasteiger partial charge in [0.15, 0.2) is 0 Å². The number of halogens is 1. The molecule has 0 aliphatic heterocycles. The first-order chi connectivity index (χ1) is 7.00. The molecule has 0 aliphatic carbocycles. The Labute approximate surface area is 94.6 Å². The van der Waals surface area contributed by atoms with Gasteiger partial charge in [-0.05, 0) is 25.1 Å². The molecule has 2 atom stereocenters. The number of hydrogen-bond acceptors (Lipinski definition) is 2. The zero-order valence-electron chi connectivity index (χ0n) is 8.83. The second kappa shape index (κ2) is 5.14. The molecule has 1 aromatic rings. The maximum atomic E-state index is 11.6. The molecule has 2 unspecified atom stereocenters. The molecule has 3 nitrogen and oxygen atoms in total. The summed E-state index contributed by atoms with van der Waals surface area (Å²) in [6, 6.07) is 6.87. The van der Waals surface area contributed by atoms with Crippen molar-refractivity contribution in [2.24, 2.45) is 11.7 Å². The minimum absolute atomic E-state index is 0.0905. The summed E-state index contributed by atoms with van der Waals surface area (Å²) in [6.07, 6.45) is 0. The standard InChI is InChI=1S/C11H15ClN2O/c1-7(8(2)13)11(15)14-10-5-3-4-9(12)6-10/h3-8H,13H2,1-2H3,(H,14,15). The van der Waals surface area contributed by atoms with E-state index in [0.717, 1.165) is 0 Å². The molecule has 1 aromatic carbocycles. The van der Waals surface area contributed by atoms with Crippen molar-refractivity contribution in [1.29, 1.82) is 0 Å². The van der Waals surface area contributed by atoms with Crippen LogP contribution in [-0.4, -0.2) is 11.9 Å². The molecule has 0 fully saturated rings. The van der Waals surface area contributed by atoms with Gasteiger partial charge in [-0.3, -0.25) is 4.79 Å². The maximum Gasteiger partial charge on any atom is 0.228 e. The lowest BCUT2D eigenvalue weighted by atomic mass is 10.0. The average Bonchev–Trinajstić information content (AvgIpc) is 2.16. The Morgan fingerprint density at radius 3 is 2.67 bits per heavy atom. The van der Waals surface area contributed by atoms with Gasteiger partial charge in [0, 0.05) is 16.8 Å². The number of nitrogens with two attached hydrogens (primary N) is 1. The van der Waals surface area contributed by atoms with Gasteiger partial charge in [-0.2, -0.15) is 0 Å². The quantitative estimate of drug-likeness (QED) is 0.831. The minimum atomic E-state index is -0.219. The van der Waals surface area contributed by atoms with Crippen molar-refractivity contribution in [3.8, 4) is 0 Å². The van der Waals surface area contributed by atoms with Crippen LogP contribution < -0.4 is 11.1 Å². The van der Waals surface area contributed by atoms with Crippen molar-refractivity contribution in [3.63, 3.8) is 0 Å². The number of benzene rings is 1. The highest BCUT2D eigenvalue weighted by Crippen LogP contribution is 2.16. The van der Waals surface area contributed by atoms with Crippen LogP contribution in [0.2, 0.25) is 5.02 Å². The van der Waals surface area contributed by atoms with E-state index in [-0.39, 0.29) is 17.9 Å². The van der Waals surface area contributed by atoms with Crippen molar-refractivity contribution in [2.75, 3.05) is 5.32 Å². The monoisotopic (exact) mass is 226 g/mol. The number of amides is 1. The summed E-state index contributed by atoms with van der Waals surface area (Å²) >= 11 is 5.79. The largest absolute Gasteiger partial charge is 0.327 e. The van der Waals surface area contributed by atoms with Crippen molar-refractivity contribution >= 4 is 23.2 Å². The van der Waals surface area contributed by atoms with Gasteiger partial charge in [-0.25, -0.2) is 0 Å². The van der Waals surface area contributed by atoms with Crippen LogP contribution in [0.4, 0.5) is 5.69 Å². The minimum Gasteiger partial charge on any atom is -0.327 e. The van der Waals surface area contributed by atoms with Gasteiger partial charge in [0.25, 0.3) is 0 Å². The van der Waals surface area contributed by atoms with Crippen LogP contribution in [0.5, 0.6) is 0 Å². The molecule has 0 heterocycles. The molecule has 15 heavy (non-hydrogen) atoms. The Morgan fingerprint density at radius 1 is 1.47 bits per heavy atom. The molecular weight excluding hydrogens is 212 g/mol. The van der Waals surface area contributed by atoms with Gasteiger partial charge >= 0.3 is 0 Å². The van der Waals surface area contributed by atoms with Crippen LogP contribution >= 0.6 is 11.6 Å². The van der Waals surface area contributed by atoms with Gasteiger partial charge in [-0.1, -0.05) is 24.6 Å². The normalized spacial score (nSPS) is 14.4. The Bertz CT molecular complexity index is 352. The molecule has 0 spiro atoms. The summed E-state index contributed by atoms with van der Waals surface area (Å²) in [4.78, 5) is 11.6. The molecule has 0 aliphatic rings. The smallest absolute Gasteiger partial charge is 0.228 e. The van der Waals surface area contributed by atoms with Gasteiger partial charge in [0.2, 0.25) is 5.91 Å². The highest BCUT2D eigenvalue weighted by molar-refractivity contribution is 6.30. The first-order valence-electron chi connectivity index (χ1n) is 4.82. The van der Waals surface area contributed by atoms with E-state index in [1.54, 1.807) is 31.2 Å². The zero-order valence-corrected chi connectivity index (χ0v) is 9.58. The fourth-order valence-electron chi connectivity index (χ4n) is 1.06. The first kappa shape index (κ1) is 12.0. The Kier molecular flexibility index (Phi) is 4.12. The van der Waals surface area contributed by atoms with E-state index >= 15 is 0 Å². The van der Waals surface area contributed by atoms with E-state index in [9.17, 15) is 4.79 Å². The molecule has 0 saturated carbocycles. The molecule has 0 bridgehead atoms. The number of nitrogens with one attached hydrogen (secondary N) is 1. The molecule has 1 amide bonds. The van der Waals surface area contributed by atoms with E-state index in [4.69, 9.17) is 17.3 Å². The lowest BCUT2D eigenvalue weighted by Crippen LogP contribution is -2.34. The topological polar surface area (TPSA) is 55.1 Å². The lowest BCUT2D eigenvalue weighted by Gasteiger charge is -2.15. The second-order valence-electron chi connectivity index (χ2n) is 3.65. The Hall–Kier alpha value is -1.06. The molecule has 82 valence electrons. The number of carbonyl (C=O) groups is 1. The van der Waals surface area contributed by atoms with Crippen molar-refractivity contribution in [2.45, 2.75) is 19.9 Å². The van der Waals surface area contributed by atoms with Gasteiger partial charge in [0.1, 0.15) is 0 Å². The van der Waals surface area contributed by atoms with E-state index in [1.165, 1.54) is 0 Å². The predicted molar refractivity (Wildman–Crippen MR) is 62.9 cm³/mol. The molecule has 1 rings (SSSR count). The molecule has 3 N–H and O–H groups in total. The van der Waals surface area contributed by atoms with E-state index in [0.29, 0.717) is 10.7 Å². The number of hydrogen-bond donors (Lipinski definition) is 2. The summed E-state index contributed by atoms with van der Waals surface area (Å²) in [5.41, 5.74) is 6.33. The first-order valence-corrected chi connectivity index (χ1v) is 5.20. The SMILES string of the molecule is CC(N)C(C)C(=O)Nc1cccc(Cl)c1. The van der Waals surface area contributed by atoms with Crippen LogP contribution in [-0.2, 0) is 4.79 Å². The number of rotatable bonds is 3. The third-order valence-electron chi connectivity index (χ3n) is 2.29. The lowest BCUT2D eigenvalue weighted by molar-refractivity contribution is -0.119. The maximum absolute atomic E-state index is 11.6. The second-order valence-corrected chi connectivity index (χ2v) is 4.08. The summed E-state index contributed by atoms with van der Waals surface area (Å²) < 4.78 is 0. The zero-order chi connectivity index (χ0) is 11.4. The van der Waals surface area contributed by atoms with Crippen molar-refractivity contribution in [1.82, 2.24) is 0 Å². The van der Waals surface area contributed by atoms with Crippen LogP contribution in [0.25, 0.3) is 0 Å². The molecule has 0 aromatic heterocycles. The van der Waals surface area contributed by atoms with Gasteiger partial charge < -0.3 is 11.1 Å². The van der Waals surface area contributed by atoms with Crippen molar-refractivity contribution in [3.05, 3.63) is 29.3 Å². The fourth-order valence-corrected chi connectivity index (χ4v) is 1.25. The van der Waals surface area contributed by atoms with Crippen LogP contribution in [0.3, 0.4) is 0 Å². The third-order valence-corrected chi connectivity index (χ3v) is 2.53. The average molecular weight is 227 g/mol. The highest BCUT2D eigenvalue weighted by Gasteiger charge is 2.16. The summed E-state index contributed by atoms with van der Waals surface area (Å²) in [5.74, 6) is -0.309. The van der Waals surface area contributed by atoms with Crippen LogP contribution in [0, 0.1) is 5.92 Å². The highest BCUT2D eigenvalue weighted by atomic mass is 35.5. The third kappa shape index (κ3) is 3.53. The fraction of sp³-hybridized carbons (Fsp3) is 0.364. The number of anilines is 1. The summed E-state index contributed by atoms with van der Waals surface area (Å²) in [5, 5.41) is 3.36. The predicted octanol–water partition coefficient (Wildman–Crippen LogP) is 2.26. The Morgan fingerprint density at radius 2 is 2.13 bits per heavy atom. The molecule has 0 saturated heterocycles. The van der Waals surface area contributed by atoms with Crippen LogP contribution in [0.15, 0.2) is 24.3 Å². The van der Waals surface area contributed by atoms with E-state index in [2.05, 4.69) is 5.32 Å². The molecular formula is C11H15ClN2O. The van der Waals surface area contributed by atoms with Crippen LogP contribution in [0.1, 0.15) is 13.8 Å². The number of carbonyl (C=O) groups excluding carboxylic acids is 1.